The normalized spacial score (nSPS) is 16.9. The van der Waals surface area contributed by atoms with Gasteiger partial charge in [-0.3, -0.25) is 4.99 Å². The summed E-state index contributed by atoms with van der Waals surface area (Å²) in [5.74, 6) is -0.308. The average molecular weight is 348 g/mol. The zero-order chi connectivity index (χ0) is 18.7. The van der Waals surface area contributed by atoms with Gasteiger partial charge in [0.2, 0.25) is 0 Å². The molecule has 2 aromatic rings. The van der Waals surface area contributed by atoms with Crippen LogP contribution in [0.15, 0.2) is 65.3 Å². The average Bonchev–Trinajstić information content (AvgIpc) is 2.83. The maximum atomic E-state index is 11.7. The lowest BCUT2D eigenvalue weighted by Gasteiger charge is -2.23. The summed E-state index contributed by atoms with van der Waals surface area (Å²) < 4.78 is 4.99. The predicted octanol–water partition coefficient (Wildman–Crippen LogP) is 4.88. The number of para-hydroxylation sites is 1. The Bertz CT molecular complexity index is 864. The molecule has 0 aromatic heterocycles. The van der Waals surface area contributed by atoms with Gasteiger partial charge in [0.1, 0.15) is 0 Å². The smallest absolute Gasteiger partial charge is 0.338 e. The second-order valence-corrected chi connectivity index (χ2v) is 6.80. The number of ether oxygens (including phenoxy) is 1. The van der Waals surface area contributed by atoms with Gasteiger partial charge in [-0.25, -0.2) is 4.79 Å². The van der Waals surface area contributed by atoms with E-state index in [2.05, 4.69) is 61.1 Å². The lowest BCUT2D eigenvalue weighted by atomic mass is 9.84. The minimum absolute atomic E-state index is 0.0644. The number of benzene rings is 2. The maximum Gasteiger partial charge on any atom is 0.338 e. The molecule has 4 heteroatoms. The van der Waals surface area contributed by atoms with Crippen molar-refractivity contribution in [2.45, 2.75) is 26.2 Å². The third kappa shape index (κ3) is 3.27. The van der Waals surface area contributed by atoms with Gasteiger partial charge in [-0.2, -0.15) is 0 Å². The van der Waals surface area contributed by atoms with E-state index in [0.717, 1.165) is 5.69 Å². The number of likely N-dealkylation sites (N-methyl/N-ethyl adjacent to an activating group) is 1. The van der Waals surface area contributed by atoms with E-state index in [9.17, 15) is 4.79 Å². The molecule has 1 aliphatic rings. The molecular weight excluding hydrogens is 324 g/mol. The van der Waals surface area contributed by atoms with Gasteiger partial charge >= 0.3 is 5.97 Å². The fourth-order valence-corrected chi connectivity index (χ4v) is 3.39. The molecule has 26 heavy (non-hydrogen) atoms. The first-order chi connectivity index (χ1) is 12.4. The highest BCUT2D eigenvalue weighted by molar-refractivity contribution is 5.90. The molecule has 2 aromatic carbocycles. The lowest BCUT2D eigenvalue weighted by molar-refractivity contribution is 0.0526. The Balaban J connectivity index is 1.79. The second kappa shape index (κ2) is 7.16. The molecule has 0 saturated heterocycles. The van der Waals surface area contributed by atoms with Crippen molar-refractivity contribution in [3.63, 3.8) is 0 Å². The van der Waals surface area contributed by atoms with Crippen molar-refractivity contribution >= 4 is 23.6 Å². The summed E-state index contributed by atoms with van der Waals surface area (Å²) in [7, 11) is 2.08. The number of allylic oxidation sites excluding steroid dienone is 2. The minimum atomic E-state index is -0.308. The summed E-state index contributed by atoms with van der Waals surface area (Å²) in [6.45, 7) is 6.62. The molecule has 4 nitrogen and oxygen atoms in total. The summed E-state index contributed by atoms with van der Waals surface area (Å²) in [6, 6.07) is 15.6. The van der Waals surface area contributed by atoms with E-state index in [1.165, 1.54) is 16.9 Å². The van der Waals surface area contributed by atoms with Crippen molar-refractivity contribution in [2.24, 2.45) is 4.99 Å². The van der Waals surface area contributed by atoms with Gasteiger partial charge in [0.05, 0.1) is 17.9 Å². The standard InChI is InChI=1S/C22H24N2O2/c1-5-26-21(25)16-10-12-17(13-11-16)23-15-14-20-22(2,3)18-8-6-7-9-19(18)24(20)4/h6-15H,5H2,1-4H3. The number of carbonyl (C=O) groups is 1. The number of fused-ring (bicyclic) bond motifs is 1. The Morgan fingerprint density at radius 1 is 1.15 bits per heavy atom. The minimum Gasteiger partial charge on any atom is -0.462 e. The highest BCUT2D eigenvalue weighted by atomic mass is 16.5. The van der Waals surface area contributed by atoms with Crippen molar-refractivity contribution in [1.29, 1.82) is 0 Å². The molecule has 0 aliphatic carbocycles. The van der Waals surface area contributed by atoms with E-state index >= 15 is 0 Å². The molecule has 1 heterocycles. The Morgan fingerprint density at radius 3 is 2.50 bits per heavy atom. The van der Waals surface area contributed by atoms with Crippen LogP contribution in [0.4, 0.5) is 11.4 Å². The third-order valence-electron chi connectivity index (χ3n) is 4.77. The lowest BCUT2D eigenvalue weighted by Crippen LogP contribution is -2.22. The molecule has 0 spiro atoms. The second-order valence-electron chi connectivity index (χ2n) is 6.80. The van der Waals surface area contributed by atoms with Crippen LogP contribution in [0, 0.1) is 0 Å². The predicted molar refractivity (Wildman–Crippen MR) is 107 cm³/mol. The van der Waals surface area contributed by atoms with Crippen molar-refractivity contribution in [1.82, 2.24) is 0 Å². The number of aliphatic imine (C=N–C) groups is 1. The quantitative estimate of drug-likeness (QED) is 0.584. The first kappa shape index (κ1) is 17.9. The van der Waals surface area contributed by atoms with Gasteiger partial charge in [0, 0.05) is 30.1 Å². The molecule has 3 rings (SSSR count). The number of carbonyl (C=O) groups excluding carboxylic acids is 1. The molecule has 0 unspecified atom stereocenters. The number of hydrogen-bond donors (Lipinski definition) is 0. The molecule has 1 aliphatic heterocycles. The molecule has 0 fully saturated rings. The number of anilines is 1. The molecular formula is C22H24N2O2. The number of rotatable bonds is 4. The molecule has 0 amide bonds. The Labute approximate surface area is 154 Å². The highest BCUT2D eigenvalue weighted by Gasteiger charge is 2.37. The van der Waals surface area contributed by atoms with Gasteiger partial charge < -0.3 is 9.64 Å². The summed E-state index contributed by atoms with van der Waals surface area (Å²) in [5.41, 5.74) is 5.02. The van der Waals surface area contributed by atoms with Crippen LogP contribution < -0.4 is 4.90 Å². The molecule has 0 N–H and O–H groups in total. The van der Waals surface area contributed by atoms with E-state index in [0.29, 0.717) is 12.2 Å². The largest absolute Gasteiger partial charge is 0.462 e. The SMILES string of the molecule is CCOC(=O)c1ccc(N=CC=C2N(C)c3ccccc3C2(C)C)cc1. The molecule has 0 saturated carbocycles. The number of nitrogens with zero attached hydrogens (tertiary/aromatic N) is 2. The van der Waals surface area contributed by atoms with Crippen LogP contribution in [0.1, 0.15) is 36.7 Å². The van der Waals surface area contributed by atoms with Crippen LogP contribution in [0.5, 0.6) is 0 Å². The Kier molecular flexibility index (Phi) is 4.94. The van der Waals surface area contributed by atoms with E-state index in [4.69, 9.17) is 4.74 Å². The first-order valence-electron chi connectivity index (χ1n) is 8.80. The van der Waals surface area contributed by atoms with Crippen LogP contribution >= 0.6 is 0 Å². The molecule has 0 bridgehead atoms. The zero-order valence-electron chi connectivity index (χ0n) is 15.7. The zero-order valence-corrected chi connectivity index (χ0v) is 15.7. The third-order valence-corrected chi connectivity index (χ3v) is 4.77. The van der Waals surface area contributed by atoms with Crippen LogP contribution in [0.25, 0.3) is 0 Å². The summed E-state index contributed by atoms with van der Waals surface area (Å²) in [5, 5.41) is 0. The monoisotopic (exact) mass is 348 g/mol. The van der Waals surface area contributed by atoms with Crippen molar-refractivity contribution in [3.8, 4) is 0 Å². The topological polar surface area (TPSA) is 41.9 Å². The van der Waals surface area contributed by atoms with Crippen molar-refractivity contribution in [3.05, 3.63) is 71.4 Å². The molecule has 0 radical (unpaired) electrons. The highest BCUT2D eigenvalue weighted by Crippen LogP contribution is 2.46. The van der Waals surface area contributed by atoms with Gasteiger partial charge in [0.25, 0.3) is 0 Å². The first-order valence-corrected chi connectivity index (χ1v) is 8.80. The number of esters is 1. The fraction of sp³-hybridized carbons (Fsp3) is 0.273. The summed E-state index contributed by atoms with van der Waals surface area (Å²) in [6.07, 6.45) is 3.87. The van der Waals surface area contributed by atoms with Crippen LogP contribution in [0.2, 0.25) is 0 Å². The van der Waals surface area contributed by atoms with E-state index in [-0.39, 0.29) is 11.4 Å². The van der Waals surface area contributed by atoms with E-state index < -0.39 is 0 Å². The van der Waals surface area contributed by atoms with Crippen molar-refractivity contribution < 1.29 is 9.53 Å². The maximum absolute atomic E-state index is 11.7. The van der Waals surface area contributed by atoms with Crippen LogP contribution in [0.3, 0.4) is 0 Å². The summed E-state index contributed by atoms with van der Waals surface area (Å²) >= 11 is 0. The van der Waals surface area contributed by atoms with Gasteiger partial charge in [0.15, 0.2) is 0 Å². The van der Waals surface area contributed by atoms with Gasteiger partial charge in [-0.05, 0) is 48.9 Å². The molecule has 0 atom stereocenters. The number of hydrogen-bond acceptors (Lipinski definition) is 4. The van der Waals surface area contributed by atoms with E-state index in [1.54, 1.807) is 19.1 Å². The Morgan fingerprint density at radius 2 is 1.85 bits per heavy atom. The van der Waals surface area contributed by atoms with Crippen LogP contribution in [-0.2, 0) is 10.2 Å². The van der Waals surface area contributed by atoms with Gasteiger partial charge in [-0.1, -0.05) is 32.0 Å². The summed E-state index contributed by atoms with van der Waals surface area (Å²) in [4.78, 5) is 18.4. The fourth-order valence-electron chi connectivity index (χ4n) is 3.39. The van der Waals surface area contributed by atoms with Gasteiger partial charge in [-0.15, -0.1) is 0 Å². The van der Waals surface area contributed by atoms with E-state index in [1.807, 2.05) is 18.3 Å². The van der Waals surface area contributed by atoms with Crippen LogP contribution in [-0.4, -0.2) is 25.8 Å². The Hall–Kier alpha value is -2.88. The molecule has 134 valence electrons. The van der Waals surface area contributed by atoms with Crippen molar-refractivity contribution in [2.75, 3.05) is 18.6 Å².